The van der Waals surface area contributed by atoms with Gasteiger partial charge < -0.3 is 15.5 Å². The van der Waals surface area contributed by atoms with Crippen LogP contribution in [0.2, 0.25) is 0 Å². The SMILES string of the molecule is CCNC(=NCc1sc(C)nc1C)NCC(C)N1CCN(C)CC1. The highest BCUT2D eigenvalue weighted by atomic mass is 32.1. The van der Waals surface area contributed by atoms with Crippen LogP contribution in [-0.4, -0.2) is 73.1 Å². The molecule has 1 aromatic rings. The number of piperazine rings is 1. The van der Waals surface area contributed by atoms with Gasteiger partial charge in [0.2, 0.25) is 0 Å². The van der Waals surface area contributed by atoms with Gasteiger partial charge in [-0.15, -0.1) is 11.3 Å². The van der Waals surface area contributed by atoms with Gasteiger partial charge in [-0.25, -0.2) is 9.98 Å². The lowest BCUT2D eigenvalue weighted by atomic mass is 10.2. The lowest BCUT2D eigenvalue weighted by Crippen LogP contribution is -2.52. The molecule has 1 aliphatic heterocycles. The Hall–Kier alpha value is -1.18. The van der Waals surface area contributed by atoms with Crippen molar-refractivity contribution in [3.63, 3.8) is 0 Å². The van der Waals surface area contributed by atoms with Crippen molar-refractivity contribution in [3.8, 4) is 0 Å². The van der Waals surface area contributed by atoms with E-state index in [0.717, 1.165) is 55.9 Å². The number of likely N-dealkylation sites (N-methyl/N-ethyl adjacent to an activating group) is 1. The molecular formula is C17H32N6S. The molecule has 24 heavy (non-hydrogen) atoms. The van der Waals surface area contributed by atoms with Crippen molar-refractivity contribution in [2.24, 2.45) is 4.99 Å². The number of nitrogens with one attached hydrogen (secondary N) is 2. The van der Waals surface area contributed by atoms with Gasteiger partial charge in [0.1, 0.15) is 0 Å². The van der Waals surface area contributed by atoms with Gasteiger partial charge in [0.25, 0.3) is 0 Å². The largest absolute Gasteiger partial charge is 0.357 e. The zero-order chi connectivity index (χ0) is 17.5. The summed E-state index contributed by atoms with van der Waals surface area (Å²) in [4.78, 5) is 15.4. The van der Waals surface area contributed by atoms with Crippen LogP contribution in [0.5, 0.6) is 0 Å². The van der Waals surface area contributed by atoms with E-state index in [1.54, 1.807) is 11.3 Å². The van der Waals surface area contributed by atoms with E-state index >= 15 is 0 Å². The van der Waals surface area contributed by atoms with Gasteiger partial charge in [-0.1, -0.05) is 0 Å². The van der Waals surface area contributed by atoms with Crippen molar-refractivity contribution in [3.05, 3.63) is 15.6 Å². The van der Waals surface area contributed by atoms with E-state index in [9.17, 15) is 0 Å². The molecule has 2 N–H and O–H groups in total. The fraction of sp³-hybridized carbons (Fsp3) is 0.765. The molecule has 0 aliphatic carbocycles. The van der Waals surface area contributed by atoms with Crippen molar-refractivity contribution < 1.29 is 0 Å². The van der Waals surface area contributed by atoms with Gasteiger partial charge in [-0.05, 0) is 34.7 Å². The molecule has 0 amide bonds. The third kappa shape index (κ3) is 5.72. The summed E-state index contributed by atoms with van der Waals surface area (Å²) in [6, 6.07) is 0.509. The minimum atomic E-state index is 0.509. The monoisotopic (exact) mass is 352 g/mol. The van der Waals surface area contributed by atoms with Gasteiger partial charge in [0, 0.05) is 50.2 Å². The van der Waals surface area contributed by atoms with E-state index < -0.39 is 0 Å². The number of rotatable bonds is 6. The van der Waals surface area contributed by atoms with E-state index in [0.29, 0.717) is 12.6 Å². The first-order valence-electron chi connectivity index (χ1n) is 8.87. The third-order valence-corrected chi connectivity index (χ3v) is 5.51. The van der Waals surface area contributed by atoms with Gasteiger partial charge in [-0.2, -0.15) is 0 Å². The first-order chi connectivity index (χ1) is 11.5. The standard InChI is InChI=1S/C17H32N6S/c1-6-18-17(20-12-16-14(3)21-15(4)24-16)19-11-13(2)23-9-7-22(5)8-10-23/h13H,6-12H2,1-5H3,(H2,18,19,20). The Kier molecular flexibility index (Phi) is 7.45. The number of hydrogen-bond acceptors (Lipinski definition) is 5. The zero-order valence-corrected chi connectivity index (χ0v) is 16.5. The molecule has 136 valence electrons. The Balaban J connectivity index is 1.86. The summed E-state index contributed by atoms with van der Waals surface area (Å²) in [7, 11) is 2.19. The number of guanidine groups is 1. The van der Waals surface area contributed by atoms with E-state index in [4.69, 9.17) is 4.99 Å². The van der Waals surface area contributed by atoms with Crippen LogP contribution in [-0.2, 0) is 6.54 Å². The summed E-state index contributed by atoms with van der Waals surface area (Å²) in [5.41, 5.74) is 1.10. The number of aryl methyl sites for hydroxylation is 2. The van der Waals surface area contributed by atoms with Crippen molar-refractivity contribution in [2.75, 3.05) is 46.3 Å². The Morgan fingerprint density at radius 3 is 2.54 bits per heavy atom. The number of aliphatic imine (C=N–C) groups is 1. The van der Waals surface area contributed by atoms with E-state index in [1.165, 1.54) is 4.88 Å². The fourth-order valence-electron chi connectivity index (χ4n) is 2.85. The molecule has 0 radical (unpaired) electrons. The summed E-state index contributed by atoms with van der Waals surface area (Å²) in [5.74, 6) is 0.893. The van der Waals surface area contributed by atoms with Crippen molar-refractivity contribution in [1.82, 2.24) is 25.4 Å². The molecule has 0 aromatic carbocycles. The molecule has 2 heterocycles. The van der Waals surface area contributed by atoms with Crippen LogP contribution in [0.1, 0.15) is 29.4 Å². The summed E-state index contributed by atoms with van der Waals surface area (Å²) < 4.78 is 0. The van der Waals surface area contributed by atoms with Crippen molar-refractivity contribution in [2.45, 2.75) is 40.3 Å². The second kappa shape index (κ2) is 9.34. The predicted molar refractivity (Wildman–Crippen MR) is 103 cm³/mol. The fourth-order valence-corrected chi connectivity index (χ4v) is 3.71. The van der Waals surface area contributed by atoms with Crippen LogP contribution in [0.15, 0.2) is 4.99 Å². The summed E-state index contributed by atoms with van der Waals surface area (Å²) >= 11 is 1.74. The predicted octanol–water partition coefficient (Wildman–Crippen LogP) is 1.45. The third-order valence-electron chi connectivity index (χ3n) is 4.45. The highest BCUT2D eigenvalue weighted by Crippen LogP contribution is 2.17. The zero-order valence-electron chi connectivity index (χ0n) is 15.7. The molecule has 7 heteroatoms. The molecule has 1 aliphatic rings. The second-order valence-electron chi connectivity index (χ2n) is 6.51. The molecular weight excluding hydrogens is 320 g/mol. The highest BCUT2D eigenvalue weighted by molar-refractivity contribution is 7.11. The topological polar surface area (TPSA) is 55.8 Å². The van der Waals surface area contributed by atoms with E-state index in [-0.39, 0.29) is 0 Å². The second-order valence-corrected chi connectivity index (χ2v) is 7.79. The first kappa shape index (κ1) is 19.1. The molecule has 2 rings (SSSR count). The molecule has 6 nitrogen and oxygen atoms in total. The van der Waals surface area contributed by atoms with Crippen LogP contribution < -0.4 is 10.6 Å². The normalized spacial score (nSPS) is 18.6. The Bertz CT molecular complexity index is 533. The van der Waals surface area contributed by atoms with Crippen LogP contribution in [0, 0.1) is 13.8 Å². The Morgan fingerprint density at radius 2 is 1.96 bits per heavy atom. The number of aromatic nitrogens is 1. The quantitative estimate of drug-likeness (QED) is 0.599. The number of hydrogen-bond donors (Lipinski definition) is 2. The highest BCUT2D eigenvalue weighted by Gasteiger charge is 2.19. The molecule has 0 spiro atoms. The van der Waals surface area contributed by atoms with Crippen molar-refractivity contribution >= 4 is 17.3 Å². The molecule has 0 bridgehead atoms. The average molecular weight is 353 g/mol. The van der Waals surface area contributed by atoms with Gasteiger partial charge >= 0.3 is 0 Å². The molecule has 1 aromatic heterocycles. The molecule has 1 saturated heterocycles. The van der Waals surface area contributed by atoms with Crippen molar-refractivity contribution in [1.29, 1.82) is 0 Å². The summed E-state index contributed by atoms with van der Waals surface area (Å²) in [6.45, 7) is 15.6. The lowest BCUT2D eigenvalue weighted by molar-refractivity contribution is 0.120. The molecule has 1 unspecified atom stereocenters. The minimum Gasteiger partial charge on any atom is -0.357 e. The van der Waals surface area contributed by atoms with Gasteiger partial charge in [0.15, 0.2) is 5.96 Å². The molecule has 1 atom stereocenters. The number of thiazole rings is 1. The van der Waals surface area contributed by atoms with E-state index in [1.807, 2.05) is 6.92 Å². The first-order valence-corrected chi connectivity index (χ1v) is 9.69. The van der Waals surface area contributed by atoms with Gasteiger partial charge in [0.05, 0.1) is 17.2 Å². The van der Waals surface area contributed by atoms with Crippen LogP contribution in [0.4, 0.5) is 0 Å². The van der Waals surface area contributed by atoms with E-state index in [2.05, 4.69) is 53.2 Å². The average Bonchev–Trinajstić information content (AvgIpc) is 2.88. The number of nitrogens with zero attached hydrogens (tertiary/aromatic N) is 4. The smallest absolute Gasteiger partial charge is 0.191 e. The van der Waals surface area contributed by atoms with Crippen LogP contribution >= 0.6 is 11.3 Å². The Morgan fingerprint density at radius 1 is 1.25 bits per heavy atom. The molecule has 1 fully saturated rings. The van der Waals surface area contributed by atoms with Gasteiger partial charge in [-0.3, -0.25) is 4.90 Å². The van der Waals surface area contributed by atoms with Crippen LogP contribution in [0.25, 0.3) is 0 Å². The summed E-state index contributed by atoms with van der Waals surface area (Å²) in [6.07, 6.45) is 0. The van der Waals surface area contributed by atoms with Crippen LogP contribution in [0.3, 0.4) is 0 Å². The lowest BCUT2D eigenvalue weighted by Gasteiger charge is -2.36. The Labute approximate surface area is 150 Å². The maximum absolute atomic E-state index is 4.73. The minimum absolute atomic E-state index is 0.509. The maximum Gasteiger partial charge on any atom is 0.191 e. The molecule has 0 saturated carbocycles. The maximum atomic E-state index is 4.73. The summed E-state index contributed by atoms with van der Waals surface area (Å²) in [5, 5.41) is 7.94.